The Morgan fingerprint density at radius 1 is 1.14 bits per heavy atom. The Labute approximate surface area is 124 Å². The number of benzene rings is 2. The smallest absolute Gasteiger partial charge is 0.275 e. The summed E-state index contributed by atoms with van der Waals surface area (Å²) < 4.78 is 0. The molecule has 4 nitrogen and oxygen atoms in total. The largest absolute Gasteiger partial charge is 0.507 e. The predicted octanol–water partition coefficient (Wildman–Crippen LogP) is 3.05. The summed E-state index contributed by atoms with van der Waals surface area (Å²) in [6.07, 6.45) is 0.668. The highest BCUT2D eigenvalue weighted by Gasteiger charge is 2.11. The SMILES string of the molecule is CC(Cc1ccccc1)=NNC(=O)c1cccc(C)c1O. The van der Waals surface area contributed by atoms with Gasteiger partial charge in [0.25, 0.3) is 5.91 Å². The molecule has 0 fully saturated rings. The molecule has 1 amide bonds. The lowest BCUT2D eigenvalue weighted by molar-refractivity contribution is 0.0952. The van der Waals surface area contributed by atoms with Crippen LogP contribution in [0.2, 0.25) is 0 Å². The van der Waals surface area contributed by atoms with Crippen LogP contribution < -0.4 is 5.43 Å². The van der Waals surface area contributed by atoms with Gasteiger partial charge in [-0.15, -0.1) is 0 Å². The van der Waals surface area contributed by atoms with Crippen LogP contribution in [0.25, 0.3) is 0 Å². The van der Waals surface area contributed by atoms with Gasteiger partial charge < -0.3 is 5.11 Å². The quantitative estimate of drug-likeness (QED) is 0.669. The van der Waals surface area contributed by atoms with Crippen molar-refractivity contribution in [2.75, 3.05) is 0 Å². The molecule has 0 spiro atoms. The summed E-state index contributed by atoms with van der Waals surface area (Å²) in [5, 5.41) is 13.9. The maximum Gasteiger partial charge on any atom is 0.275 e. The molecule has 21 heavy (non-hydrogen) atoms. The molecule has 0 radical (unpaired) electrons. The molecule has 0 aliphatic carbocycles. The summed E-state index contributed by atoms with van der Waals surface area (Å²) in [7, 11) is 0. The lowest BCUT2D eigenvalue weighted by Gasteiger charge is -2.06. The molecule has 0 saturated heterocycles. The number of aryl methyl sites for hydroxylation is 1. The van der Waals surface area contributed by atoms with Crippen LogP contribution in [0.15, 0.2) is 53.6 Å². The Bertz CT molecular complexity index is 664. The fraction of sp³-hybridized carbons (Fsp3) is 0.176. The van der Waals surface area contributed by atoms with Crippen LogP contribution in [0.1, 0.15) is 28.4 Å². The molecule has 0 aromatic heterocycles. The highest BCUT2D eigenvalue weighted by atomic mass is 16.3. The van der Waals surface area contributed by atoms with E-state index in [0.717, 1.165) is 11.3 Å². The minimum Gasteiger partial charge on any atom is -0.507 e. The zero-order chi connectivity index (χ0) is 15.2. The van der Waals surface area contributed by atoms with Crippen LogP contribution in [0.4, 0.5) is 0 Å². The van der Waals surface area contributed by atoms with E-state index in [0.29, 0.717) is 12.0 Å². The van der Waals surface area contributed by atoms with Gasteiger partial charge in [-0.2, -0.15) is 5.10 Å². The molecular formula is C17H18N2O2. The number of carbonyl (C=O) groups is 1. The number of para-hydroxylation sites is 1. The third kappa shape index (κ3) is 3.92. The molecule has 0 aliphatic rings. The molecule has 0 bridgehead atoms. The molecule has 2 aromatic carbocycles. The van der Waals surface area contributed by atoms with Crippen molar-refractivity contribution in [2.45, 2.75) is 20.3 Å². The van der Waals surface area contributed by atoms with Gasteiger partial charge in [0.2, 0.25) is 0 Å². The number of nitrogens with one attached hydrogen (secondary N) is 1. The van der Waals surface area contributed by atoms with Crippen molar-refractivity contribution in [2.24, 2.45) is 5.10 Å². The average Bonchev–Trinajstić information content (AvgIpc) is 2.48. The minimum absolute atomic E-state index is 0.00841. The maximum atomic E-state index is 12.0. The van der Waals surface area contributed by atoms with Gasteiger partial charge in [-0.25, -0.2) is 5.43 Å². The van der Waals surface area contributed by atoms with E-state index in [1.807, 2.05) is 37.3 Å². The van der Waals surface area contributed by atoms with Gasteiger partial charge in [0, 0.05) is 12.1 Å². The minimum atomic E-state index is -0.413. The van der Waals surface area contributed by atoms with E-state index in [9.17, 15) is 9.90 Å². The maximum absolute atomic E-state index is 12.0. The van der Waals surface area contributed by atoms with E-state index in [2.05, 4.69) is 10.5 Å². The first-order valence-corrected chi connectivity index (χ1v) is 6.74. The molecule has 0 unspecified atom stereocenters. The first-order valence-electron chi connectivity index (χ1n) is 6.74. The second kappa shape index (κ2) is 6.70. The van der Waals surface area contributed by atoms with Crippen LogP contribution in [0.5, 0.6) is 5.75 Å². The van der Waals surface area contributed by atoms with Crippen LogP contribution >= 0.6 is 0 Å². The Hall–Kier alpha value is -2.62. The molecule has 108 valence electrons. The lowest BCUT2D eigenvalue weighted by atomic mass is 10.1. The van der Waals surface area contributed by atoms with Gasteiger partial charge in [0.1, 0.15) is 5.75 Å². The molecule has 0 heterocycles. The zero-order valence-corrected chi connectivity index (χ0v) is 12.1. The number of rotatable bonds is 4. The van der Waals surface area contributed by atoms with E-state index < -0.39 is 5.91 Å². The van der Waals surface area contributed by atoms with E-state index >= 15 is 0 Å². The Kier molecular flexibility index (Phi) is 4.72. The Balaban J connectivity index is 2.03. The first-order chi connectivity index (χ1) is 10.1. The predicted molar refractivity (Wildman–Crippen MR) is 83.6 cm³/mol. The summed E-state index contributed by atoms with van der Waals surface area (Å²) in [5.41, 5.74) is 5.29. The second-order valence-electron chi connectivity index (χ2n) is 4.92. The number of hydrogen-bond donors (Lipinski definition) is 2. The topological polar surface area (TPSA) is 61.7 Å². The molecule has 0 atom stereocenters. The van der Waals surface area contributed by atoms with Gasteiger partial charge in [-0.3, -0.25) is 4.79 Å². The van der Waals surface area contributed by atoms with Crippen LogP contribution in [0, 0.1) is 6.92 Å². The molecule has 2 N–H and O–H groups in total. The molecule has 2 rings (SSSR count). The van der Waals surface area contributed by atoms with Gasteiger partial charge in [-0.1, -0.05) is 42.5 Å². The fourth-order valence-electron chi connectivity index (χ4n) is 1.98. The van der Waals surface area contributed by atoms with Gasteiger partial charge in [-0.05, 0) is 31.0 Å². The lowest BCUT2D eigenvalue weighted by Crippen LogP contribution is -2.19. The van der Waals surface area contributed by atoms with Gasteiger partial charge in [0.05, 0.1) is 5.56 Å². The third-order valence-electron chi connectivity index (χ3n) is 3.13. The average molecular weight is 282 g/mol. The number of phenolic OH excluding ortho intramolecular Hbond substituents is 1. The van der Waals surface area contributed by atoms with Crippen molar-refractivity contribution in [3.05, 3.63) is 65.2 Å². The highest BCUT2D eigenvalue weighted by Crippen LogP contribution is 2.20. The first kappa shape index (κ1) is 14.8. The number of nitrogens with zero attached hydrogens (tertiary/aromatic N) is 1. The number of aromatic hydroxyl groups is 1. The summed E-state index contributed by atoms with van der Waals surface area (Å²) in [4.78, 5) is 12.0. The summed E-state index contributed by atoms with van der Waals surface area (Å²) in [6, 6.07) is 14.9. The molecule has 0 saturated carbocycles. The second-order valence-corrected chi connectivity index (χ2v) is 4.92. The molecular weight excluding hydrogens is 264 g/mol. The van der Waals surface area contributed by atoms with E-state index in [4.69, 9.17) is 0 Å². The van der Waals surface area contributed by atoms with Crippen molar-refractivity contribution in [3.8, 4) is 5.75 Å². The zero-order valence-electron chi connectivity index (χ0n) is 12.1. The highest BCUT2D eigenvalue weighted by molar-refractivity contribution is 5.98. The number of phenols is 1. The van der Waals surface area contributed by atoms with Crippen molar-refractivity contribution in [3.63, 3.8) is 0 Å². The van der Waals surface area contributed by atoms with Crippen molar-refractivity contribution in [1.82, 2.24) is 5.43 Å². The van der Waals surface area contributed by atoms with Gasteiger partial charge >= 0.3 is 0 Å². The standard InChI is InChI=1S/C17H18N2O2/c1-12-7-6-10-15(16(12)20)17(21)19-18-13(2)11-14-8-4-3-5-9-14/h3-10,20H,11H2,1-2H3,(H,19,21). The van der Waals surface area contributed by atoms with Crippen molar-refractivity contribution >= 4 is 11.6 Å². The van der Waals surface area contributed by atoms with Crippen molar-refractivity contribution < 1.29 is 9.90 Å². The normalized spacial score (nSPS) is 11.2. The van der Waals surface area contributed by atoms with E-state index in [-0.39, 0.29) is 11.3 Å². The Morgan fingerprint density at radius 2 is 1.86 bits per heavy atom. The number of hydrogen-bond acceptors (Lipinski definition) is 3. The van der Waals surface area contributed by atoms with Crippen LogP contribution in [-0.2, 0) is 6.42 Å². The number of carbonyl (C=O) groups excluding carboxylic acids is 1. The Morgan fingerprint density at radius 3 is 2.57 bits per heavy atom. The molecule has 0 aliphatic heterocycles. The summed E-state index contributed by atoms with van der Waals surface area (Å²) in [5.74, 6) is -0.422. The monoisotopic (exact) mass is 282 g/mol. The van der Waals surface area contributed by atoms with Gasteiger partial charge in [0.15, 0.2) is 0 Å². The fourth-order valence-corrected chi connectivity index (χ4v) is 1.98. The summed E-state index contributed by atoms with van der Waals surface area (Å²) in [6.45, 7) is 3.60. The number of hydrazone groups is 1. The van der Waals surface area contributed by atoms with Crippen molar-refractivity contribution in [1.29, 1.82) is 0 Å². The van der Waals surface area contributed by atoms with Crippen LogP contribution in [0.3, 0.4) is 0 Å². The third-order valence-corrected chi connectivity index (χ3v) is 3.13. The van der Waals surface area contributed by atoms with E-state index in [1.165, 1.54) is 0 Å². The molecule has 4 heteroatoms. The van der Waals surface area contributed by atoms with Crippen LogP contribution in [-0.4, -0.2) is 16.7 Å². The number of amides is 1. The molecule has 2 aromatic rings. The van der Waals surface area contributed by atoms with E-state index in [1.54, 1.807) is 25.1 Å². The summed E-state index contributed by atoms with van der Waals surface area (Å²) >= 11 is 0.